The summed E-state index contributed by atoms with van der Waals surface area (Å²) < 4.78 is 0. The van der Waals surface area contributed by atoms with Crippen LogP contribution < -0.4 is 0 Å². The Labute approximate surface area is 75.9 Å². The summed E-state index contributed by atoms with van der Waals surface area (Å²) in [6.07, 6.45) is 0. The number of halogens is 2. The van der Waals surface area contributed by atoms with Crippen molar-refractivity contribution in [2.45, 2.75) is 0 Å². The lowest BCUT2D eigenvalue weighted by atomic mass is 10.5. The fraction of sp³-hybridized carbons (Fsp3) is 0. The van der Waals surface area contributed by atoms with Crippen molar-refractivity contribution in [3.8, 4) is 5.88 Å². The van der Waals surface area contributed by atoms with Gasteiger partial charge in [0.1, 0.15) is 0 Å². The Hall–Kier alpha value is -1.14. The normalized spacial score (nSPS) is 9.83. The van der Waals surface area contributed by atoms with Gasteiger partial charge in [0, 0.05) is 0 Å². The molecule has 0 saturated heterocycles. The van der Waals surface area contributed by atoms with Gasteiger partial charge < -0.3 is 5.11 Å². The van der Waals surface area contributed by atoms with Gasteiger partial charge in [-0.25, -0.2) is 0 Å². The lowest BCUT2D eigenvalue weighted by Crippen LogP contribution is -1.94. The molecule has 0 aliphatic carbocycles. The Balaban J connectivity index is 3.38. The molecule has 0 unspecified atom stereocenters. The maximum atomic E-state index is 10.2. The summed E-state index contributed by atoms with van der Waals surface area (Å²) in [5, 5.41) is 18.2. The van der Waals surface area contributed by atoms with Gasteiger partial charge in [-0.1, -0.05) is 11.6 Å². The number of aromatic nitrogens is 2. The van der Waals surface area contributed by atoms with E-state index >= 15 is 0 Å². The summed E-state index contributed by atoms with van der Waals surface area (Å²) in [6, 6.07) is 0. The lowest BCUT2D eigenvalue weighted by Gasteiger charge is -1.95. The molecule has 64 valence electrons. The largest absolute Gasteiger partial charge is 0.488 e. The second kappa shape index (κ2) is 3.08. The number of aromatic hydroxyl groups is 1. The molecule has 6 nitrogen and oxygen atoms in total. The SMILES string of the molecule is O=[N+]([O-])c1c(O)nc(Cl)nc1Cl. The van der Waals surface area contributed by atoms with E-state index in [0.29, 0.717) is 0 Å². The van der Waals surface area contributed by atoms with E-state index < -0.39 is 21.6 Å². The van der Waals surface area contributed by atoms with Crippen LogP contribution in [0.25, 0.3) is 0 Å². The fourth-order valence-electron chi connectivity index (χ4n) is 0.549. The third-order valence-corrected chi connectivity index (χ3v) is 1.41. The highest BCUT2D eigenvalue weighted by molar-refractivity contribution is 6.33. The molecule has 0 amide bonds. The van der Waals surface area contributed by atoms with E-state index in [0.717, 1.165) is 0 Å². The summed E-state index contributed by atoms with van der Waals surface area (Å²) in [4.78, 5) is 15.7. The van der Waals surface area contributed by atoms with Crippen molar-refractivity contribution < 1.29 is 10.0 Å². The summed E-state index contributed by atoms with van der Waals surface area (Å²) in [7, 11) is 0. The molecule has 1 heterocycles. The van der Waals surface area contributed by atoms with Gasteiger partial charge in [-0.15, -0.1) is 0 Å². The second-order valence-corrected chi connectivity index (χ2v) is 2.41. The lowest BCUT2D eigenvalue weighted by molar-refractivity contribution is -0.386. The minimum Gasteiger partial charge on any atom is -0.488 e. The van der Waals surface area contributed by atoms with Crippen molar-refractivity contribution >= 4 is 28.9 Å². The number of rotatable bonds is 1. The Morgan fingerprint density at radius 1 is 1.42 bits per heavy atom. The topological polar surface area (TPSA) is 89.2 Å². The first-order chi connectivity index (χ1) is 5.52. The Morgan fingerprint density at radius 2 is 2.00 bits per heavy atom. The van der Waals surface area contributed by atoms with Crippen LogP contribution in [0.1, 0.15) is 0 Å². The zero-order valence-corrected chi connectivity index (χ0v) is 6.87. The van der Waals surface area contributed by atoms with Crippen LogP contribution in [0, 0.1) is 10.1 Å². The minimum absolute atomic E-state index is 0.344. The van der Waals surface area contributed by atoms with Crippen LogP contribution in [0.2, 0.25) is 10.4 Å². The molecule has 0 atom stereocenters. The maximum absolute atomic E-state index is 10.2. The summed E-state index contributed by atoms with van der Waals surface area (Å²) in [5.41, 5.74) is -0.749. The number of nitrogens with zero attached hydrogens (tertiary/aromatic N) is 3. The second-order valence-electron chi connectivity index (χ2n) is 1.71. The van der Waals surface area contributed by atoms with Crippen molar-refractivity contribution in [3.05, 3.63) is 20.6 Å². The molecule has 0 radical (unpaired) electrons. The summed E-state index contributed by atoms with van der Waals surface area (Å²) in [5.74, 6) is -0.843. The van der Waals surface area contributed by atoms with Gasteiger partial charge in [0.2, 0.25) is 10.4 Å². The zero-order chi connectivity index (χ0) is 9.30. The third-order valence-electron chi connectivity index (χ3n) is 0.978. The predicted octanol–water partition coefficient (Wildman–Crippen LogP) is 1.40. The van der Waals surface area contributed by atoms with Crippen LogP contribution in [-0.2, 0) is 0 Å². The molecule has 1 rings (SSSR count). The van der Waals surface area contributed by atoms with E-state index in [1.807, 2.05) is 0 Å². The minimum atomic E-state index is -0.895. The molecular formula is C4HCl2N3O3. The molecule has 0 fully saturated rings. The van der Waals surface area contributed by atoms with Gasteiger partial charge in [0.25, 0.3) is 5.88 Å². The molecular weight excluding hydrogens is 209 g/mol. The van der Waals surface area contributed by atoms with Gasteiger partial charge in [0.05, 0.1) is 4.92 Å². The number of hydrogen-bond acceptors (Lipinski definition) is 5. The van der Waals surface area contributed by atoms with Crippen LogP contribution in [0.5, 0.6) is 5.88 Å². The quantitative estimate of drug-likeness (QED) is 0.327. The Kier molecular flexibility index (Phi) is 2.30. The standard InChI is InChI=1S/C4HCl2N3O3/c5-2-1(9(11)12)3(10)8-4(6)7-2/h(H,7,8,10). The van der Waals surface area contributed by atoms with Crippen LogP contribution in [0.3, 0.4) is 0 Å². The molecule has 1 aromatic heterocycles. The number of nitro groups is 1. The predicted molar refractivity (Wildman–Crippen MR) is 40.4 cm³/mol. The van der Waals surface area contributed by atoms with Crippen LogP contribution >= 0.6 is 23.2 Å². The highest BCUT2D eigenvalue weighted by Gasteiger charge is 2.22. The molecule has 12 heavy (non-hydrogen) atoms. The molecule has 0 aliphatic heterocycles. The van der Waals surface area contributed by atoms with Gasteiger partial charge in [-0.05, 0) is 11.6 Å². The van der Waals surface area contributed by atoms with Gasteiger partial charge in [-0.2, -0.15) is 9.97 Å². The molecule has 0 saturated carbocycles. The van der Waals surface area contributed by atoms with E-state index in [-0.39, 0.29) is 5.28 Å². The highest BCUT2D eigenvalue weighted by Crippen LogP contribution is 2.30. The van der Waals surface area contributed by atoms with Crippen molar-refractivity contribution in [2.75, 3.05) is 0 Å². The maximum Gasteiger partial charge on any atom is 0.367 e. The third kappa shape index (κ3) is 1.54. The summed E-state index contributed by atoms with van der Waals surface area (Å²) in [6.45, 7) is 0. The Bertz CT molecular complexity index is 319. The van der Waals surface area contributed by atoms with Crippen molar-refractivity contribution in [2.24, 2.45) is 0 Å². The monoisotopic (exact) mass is 209 g/mol. The average molecular weight is 210 g/mol. The molecule has 0 bridgehead atoms. The highest BCUT2D eigenvalue weighted by atomic mass is 35.5. The Morgan fingerprint density at radius 3 is 2.42 bits per heavy atom. The van der Waals surface area contributed by atoms with Crippen LogP contribution in [-0.4, -0.2) is 20.0 Å². The average Bonchev–Trinajstić information content (AvgIpc) is 1.82. The molecule has 8 heteroatoms. The first kappa shape index (κ1) is 8.95. The molecule has 1 aromatic rings. The smallest absolute Gasteiger partial charge is 0.367 e. The zero-order valence-electron chi connectivity index (χ0n) is 5.36. The van der Waals surface area contributed by atoms with Gasteiger partial charge >= 0.3 is 5.69 Å². The van der Waals surface area contributed by atoms with Crippen LogP contribution in [0.15, 0.2) is 0 Å². The molecule has 0 aromatic carbocycles. The van der Waals surface area contributed by atoms with E-state index in [2.05, 4.69) is 9.97 Å². The fourth-order valence-corrected chi connectivity index (χ4v) is 0.990. The number of hydrogen-bond donors (Lipinski definition) is 1. The van der Waals surface area contributed by atoms with Gasteiger partial charge in [-0.3, -0.25) is 10.1 Å². The molecule has 0 aliphatic rings. The van der Waals surface area contributed by atoms with E-state index in [1.165, 1.54) is 0 Å². The van der Waals surface area contributed by atoms with Crippen molar-refractivity contribution in [3.63, 3.8) is 0 Å². The van der Waals surface area contributed by atoms with E-state index in [4.69, 9.17) is 28.3 Å². The van der Waals surface area contributed by atoms with E-state index in [9.17, 15) is 10.1 Å². The molecule has 1 N–H and O–H groups in total. The van der Waals surface area contributed by atoms with Crippen LogP contribution in [0.4, 0.5) is 5.69 Å². The first-order valence-corrected chi connectivity index (χ1v) is 3.34. The first-order valence-electron chi connectivity index (χ1n) is 2.58. The van der Waals surface area contributed by atoms with Crippen molar-refractivity contribution in [1.29, 1.82) is 0 Å². The van der Waals surface area contributed by atoms with E-state index in [1.54, 1.807) is 0 Å². The van der Waals surface area contributed by atoms with Crippen molar-refractivity contribution in [1.82, 2.24) is 9.97 Å². The molecule has 0 spiro atoms. The van der Waals surface area contributed by atoms with Gasteiger partial charge in [0.15, 0.2) is 0 Å². The summed E-state index contributed by atoms with van der Waals surface area (Å²) >= 11 is 10.5.